The van der Waals surface area contributed by atoms with Crippen LogP contribution in [0.15, 0.2) is 43.0 Å². The molecule has 0 saturated carbocycles. The summed E-state index contributed by atoms with van der Waals surface area (Å²) in [5, 5.41) is 9.65. The molecule has 0 bridgehead atoms. The number of carboxylic acids is 1. The molecule has 2 aromatic rings. The van der Waals surface area contributed by atoms with Gasteiger partial charge in [0.15, 0.2) is 0 Å². The van der Waals surface area contributed by atoms with E-state index in [9.17, 15) is 9.90 Å². The number of rotatable bonds is 4. The van der Waals surface area contributed by atoms with E-state index in [0.29, 0.717) is 6.42 Å². The molecule has 23 heavy (non-hydrogen) atoms. The van der Waals surface area contributed by atoms with Crippen molar-refractivity contribution >= 4 is 5.97 Å². The molecular formula is C18H21N3O2. The van der Waals surface area contributed by atoms with E-state index in [1.54, 1.807) is 12.4 Å². The highest BCUT2D eigenvalue weighted by Gasteiger charge is 2.35. The van der Waals surface area contributed by atoms with E-state index in [1.165, 1.54) is 0 Å². The molecule has 1 N–H and O–H groups in total. The van der Waals surface area contributed by atoms with Crippen molar-refractivity contribution in [2.45, 2.75) is 38.3 Å². The maximum atomic E-state index is 11.7. The Morgan fingerprint density at radius 3 is 2.78 bits per heavy atom. The van der Waals surface area contributed by atoms with Gasteiger partial charge in [-0.3, -0.25) is 19.7 Å². The van der Waals surface area contributed by atoms with Gasteiger partial charge in [0.05, 0.1) is 6.04 Å². The SMILES string of the molecule is Cc1cnccc1C(c1cccnc1)N1CCCCC1C(=O)O. The topological polar surface area (TPSA) is 66.3 Å². The molecule has 0 amide bonds. The van der Waals surface area contributed by atoms with Crippen molar-refractivity contribution in [1.29, 1.82) is 0 Å². The van der Waals surface area contributed by atoms with E-state index in [1.807, 2.05) is 37.5 Å². The maximum Gasteiger partial charge on any atom is 0.320 e. The molecule has 0 spiro atoms. The minimum Gasteiger partial charge on any atom is -0.480 e. The number of likely N-dealkylation sites (tertiary alicyclic amines) is 1. The Morgan fingerprint density at radius 1 is 1.26 bits per heavy atom. The molecule has 2 aromatic heterocycles. The number of hydrogen-bond donors (Lipinski definition) is 1. The van der Waals surface area contributed by atoms with Gasteiger partial charge in [0, 0.05) is 24.8 Å². The first kappa shape index (κ1) is 15.6. The van der Waals surface area contributed by atoms with E-state index < -0.39 is 12.0 Å². The number of aromatic nitrogens is 2. The van der Waals surface area contributed by atoms with Crippen LogP contribution < -0.4 is 0 Å². The molecule has 0 aromatic carbocycles. The molecule has 1 saturated heterocycles. The van der Waals surface area contributed by atoms with Gasteiger partial charge in [-0.15, -0.1) is 0 Å². The van der Waals surface area contributed by atoms with Crippen molar-refractivity contribution in [3.63, 3.8) is 0 Å². The number of hydrogen-bond acceptors (Lipinski definition) is 4. The van der Waals surface area contributed by atoms with Crippen LogP contribution in [0.5, 0.6) is 0 Å². The highest BCUT2D eigenvalue weighted by molar-refractivity contribution is 5.73. The third-order valence-electron chi connectivity index (χ3n) is 4.52. The van der Waals surface area contributed by atoms with Gasteiger partial charge >= 0.3 is 5.97 Å². The molecule has 5 heteroatoms. The highest BCUT2D eigenvalue weighted by Crippen LogP contribution is 2.35. The number of nitrogens with zero attached hydrogens (tertiary/aromatic N) is 3. The van der Waals surface area contributed by atoms with E-state index in [2.05, 4.69) is 14.9 Å². The summed E-state index contributed by atoms with van der Waals surface area (Å²) < 4.78 is 0. The fourth-order valence-corrected chi connectivity index (χ4v) is 3.41. The van der Waals surface area contributed by atoms with E-state index >= 15 is 0 Å². The van der Waals surface area contributed by atoms with Gasteiger partial charge in [-0.25, -0.2) is 0 Å². The molecule has 1 aliphatic rings. The zero-order valence-electron chi connectivity index (χ0n) is 13.2. The van der Waals surface area contributed by atoms with Gasteiger partial charge in [0.1, 0.15) is 6.04 Å². The minimum atomic E-state index is -0.745. The van der Waals surface area contributed by atoms with Gasteiger partial charge in [-0.1, -0.05) is 12.5 Å². The monoisotopic (exact) mass is 311 g/mol. The Morgan fingerprint density at radius 2 is 2.09 bits per heavy atom. The van der Waals surface area contributed by atoms with Crippen molar-refractivity contribution in [2.24, 2.45) is 0 Å². The molecule has 120 valence electrons. The van der Waals surface area contributed by atoms with Crippen molar-refractivity contribution in [1.82, 2.24) is 14.9 Å². The van der Waals surface area contributed by atoms with Crippen molar-refractivity contribution in [3.8, 4) is 0 Å². The zero-order chi connectivity index (χ0) is 16.2. The lowest BCUT2D eigenvalue weighted by Crippen LogP contribution is -2.47. The van der Waals surface area contributed by atoms with E-state index in [0.717, 1.165) is 36.1 Å². The largest absolute Gasteiger partial charge is 0.480 e. The van der Waals surface area contributed by atoms with Crippen molar-refractivity contribution in [3.05, 3.63) is 59.7 Å². The number of aliphatic carboxylic acids is 1. The molecule has 3 heterocycles. The van der Waals surface area contributed by atoms with Crippen LogP contribution in [0.25, 0.3) is 0 Å². The average Bonchev–Trinajstić information content (AvgIpc) is 2.58. The Labute approximate surface area is 136 Å². The van der Waals surface area contributed by atoms with Crippen LogP contribution >= 0.6 is 0 Å². The molecule has 1 aliphatic heterocycles. The maximum absolute atomic E-state index is 11.7. The second kappa shape index (κ2) is 6.87. The molecule has 2 atom stereocenters. The van der Waals surface area contributed by atoms with Crippen LogP contribution in [-0.4, -0.2) is 38.5 Å². The average molecular weight is 311 g/mol. The van der Waals surface area contributed by atoms with E-state index in [4.69, 9.17) is 0 Å². The summed E-state index contributed by atoms with van der Waals surface area (Å²) in [6.45, 7) is 2.80. The predicted molar refractivity (Wildman–Crippen MR) is 87.0 cm³/mol. The first-order chi connectivity index (χ1) is 11.2. The number of aryl methyl sites for hydroxylation is 1. The number of piperidine rings is 1. The molecule has 2 unspecified atom stereocenters. The third kappa shape index (κ3) is 3.24. The fourth-order valence-electron chi connectivity index (χ4n) is 3.41. The molecule has 0 aliphatic carbocycles. The second-order valence-electron chi connectivity index (χ2n) is 6.01. The lowest BCUT2D eigenvalue weighted by Gasteiger charge is -2.39. The molecule has 3 rings (SSSR count). The standard InChI is InChI=1S/C18H21N3O2/c1-13-11-20-9-7-15(13)17(14-5-4-8-19-12-14)21-10-3-2-6-16(21)18(22)23/h4-5,7-9,11-12,16-17H,2-3,6,10H2,1H3,(H,22,23). The van der Waals surface area contributed by atoms with Crippen LogP contribution in [0.2, 0.25) is 0 Å². The van der Waals surface area contributed by atoms with Gasteiger partial charge in [-0.05, 0) is 55.1 Å². The van der Waals surface area contributed by atoms with Gasteiger partial charge in [0.25, 0.3) is 0 Å². The molecule has 0 radical (unpaired) electrons. The van der Waals surface area contributed by atoms with Crippen molar-refractivity contribution in [2.75, 3.05) is 6.54 Å². The fraction of sp³-hybridized carbons (Fsp3) is 0.389. The zero-order valence-corrected chi connectivity index (χ0v) is 13.2. The molecular weight excluding hydrogens is 290 g/mol. The normalized spacial score (nSPS) is 20.1. The van der Waals surface area contributed by atoms with Crippen LogP contribution in [0, 0.1) is 6.92 Å². The highest BCUT2D eigenvalue weighted by atomic mass is 16.4. The number of carbonyl (C=O) groups is 1. The predicted octanol–water partition coefficient (Wildman–Crippen LogP) is 2.81. The second-order valence-corrected chi connectivity index (χ2v) is 6.01. The van der Waals surface area contributed by atoms with Gasteiger partial charge in [-0.2, -0.15) is 0 Å². The van der Waals surface area contributed by atoms with E-state index in [-0.39, 0.29) is 6.04 Å². The quantitative estimate of drug-likeness (QED) is 0.940. The Hall–Kier alpha value is -2.27. The molecule has 1 fully saturated rings. The Balaban J connectivity index is 2.08. The Kier molecular flexibility index (Phi) is 4.67. The van der Waals surface area contributed by atoms with Gasteiger partial charge < -0.3 is 5.11 Å². The summed E-state index contributed by atoms with van der Waals surface area (Å²) in [5.74, 6) is -0.745. The molecule has 5 nitrogen and oxygen atoms in total. The third-order valence-corrected chi connectivity index (χ3v) is 4.52. The summed E-state index contributed by atoms with van der Waals surface area (Å²) >= 11 is 0. The van der Waals surface area contributed by atoms with Crippen LogP contribution in [0.1, 0.15) is 42.0 Å². The summed E-state index contributed by atoms with van der Waals surface area (Å²) in [4.78, 5) is 22.3. The van der Waals surface area contributed by atoms with Crippen LogP contribution in [0.4, 0.5) is 0 Å². The van der Waals surface area contributed by atoms with Crippen LogP contribution in [-0.2, 0) is 4.79 Å². The summed E-state index contributed by atoms with van der Waals surface area (Å²) in [6.07, 6.45) is 9.84. The lowest BCUT2D eigenvalue weighted by molar-refractivity contribution is -0.145. The number of carboxylic acid groups (broad SMARTS) is 1. The van der Waals surface area contributed by atoms with Crippen LogP contribution in [0.3, 0.4) is 0 Å². The van der Waals surface area contributed by atoms with Crippen molar-refractivity contribution < 1.29 is 9.90 Å². The first-order valence-corrected chi connectivity index (χ1v) is 7.97. The minimum absolute atomic E-state index is 0.104. The van der Waals surface area contributed by atoms with Gasteiger partial charge in [0.2, 0.25) is 0 Å². The summed E-state index contributed by atoms with van der Waals surface area (Å²) in [6, 6.07) is 5.35. The summed E-state index contributed by atoms with van der Waals surface area (Å²) in [5.41, 5.74) is 3.19. The smallest absolute Gasteiger partial charge is 0.320 e. The lowest BCUT2D eigenvalue weighted by atomic mass is 9.91. The number of pyridine rings is 2. The Bertz CT molecular complexity index is 675. The summed E-state index contributed by atoms with van der Waals surface area (Å²) in [7, 11) is 0. The first-order valence-electron chi connectivity index (χ1n) is 7.97.